The van der Waals surface area contributed by atoms with Crippen molar-refractivity contribution in [3.63, 3.8) is 0 Å². The maximum Gasteiger partial charge on any atom is 0.273 e. The zero-order valence-corrected chi connectivity index (χ0v) is 15.9. The Bertz CT molecular complexity index is 856. The minimum atomic E-state index is -0.335. The number of nitrogens with one attached hydrogen (secondary N) is 2. The fourth-order valence-electron chi connectivity index (χ4n) is 2.20. The number of nitrogen functional groups attached to an aromatic ring is 1. The number of halogens is 1. The molecule has 0 aliphatic heterocycles. The summed E-state index contributed by atoms with van der Waals surface area (Å²) in [7, 11) is 0. The topological polar surface area (TPSA) is 85.0 Å². The Kier molecular flexibility index (Phi) is 10.3. The van der Waals surface area contributed by atoms with Crippen molar-refractivity contribution in [3.8, 4) is 12.8 Å². The van der Waals surface area contributed by atoms with E-state index < -0.39 is 0 Å². The molecule has 0 atom stereocenters. The fraction of sp³-hybridized carbons (Fsp3) is 0.238. The molecule has 0 unspecified atom stereocenters. The van der Waals surface area contributed by atoms with Gasteiger partial charge >= 0.3 is 0 Å². The molecule has 0 amide bonds. The van der Waals surface area contributed by atoms with Gasteiger partial charge in [0.25, 0.3) is 5.56 Å². The molecule has 0 radical (unpaired) electrons. The van der Waals surface area contributed by atoms with E-state index in [0.29, 0.717) is 31.2 Å². The van der Waals surface area contributed by atoms with Crippen LogP contribution in [-0.4, -0.2) is 16.2 Å². The number of terminal acetylenes is 1. The number of para-hydroxylation sites is 1. The first-order chi connectivity index (χ1) is 13.6. The van der Waals surface area contributed by atoms with Gasteiger partial charge in [-0.3, -0.25) is 4.79 Å². The zero-order chi connectivity index (χ0) is 20.8. The van der Waals surface area contributed by atoms with Crippen molar-refractivity contribution in [1.82, 2.24) is 9.66 Å². The first kappa shape index (κ1) is 22.5. The second kappa shape index (κ2) is 12.8. The highest BCUT2D eigenvalue weighted by atomic mass is 19.1. The van der Waals surface area contributed by atoms with E-state index in [-0.39, 0.29) is 17.8 Å². The first-order valence-corrected chi connectivity index (χ1v) is 8.80. The van der Waals surface area contributed by atoms with Crippen molar-refractivity contribution in [2.75, 3.05) is 23.0 Å². The van der Waals surface area contributed by atoms with E-state index in [1.54, 1.807) is 13.0 Å². The molecular weight excluding hydrogens is 357 g/mol. The number of anilines is 2. The second-order valence-corrected chi connectivity index (χ2v) is 5.63. The molecule has 148 valence electrons. The molecule has 1 aromatic heterocycles. The van der Waals surface area contributed by atoms with Gasteiger partial charge in [0, 0.05) is 24.7 Å². The van der Waals surface area contributed by atoms with E-state index in [9.17, 15) is 9.18 Å². The molecule has 28 heavy (non-hydrogen) atoms. The van der Waals surface area contributed by atoms with Crippen LogP contribution in [0.1, 0.15) is 25.5 Å². The molecule has 0 aliphatic carbocycles. The van der Waals surface area contributed by atoms with E-state index >= 15 is 0 Å². The molecule has 4 N–H and O–H groups in total. The van der Waals surface area contributed by atoms with Gasteiger partial charge in [0.15, 0.2) is 0 Å². The standard InChI is InChI=1S/C19H24FN5O.C2H2/c1-2-15(20)9-5-4-8-12-22-19-24-17(13-18(26)25(19)21)14-23-16-10-6-3-7-11-16;1-2/h2-7,10-11,13,23H,8-9,12,14,21H2,1H3,(H,22,24);1-2H/b5-4-,15-2+;. The summed E-state index contributed by atoms with van der Waals surface area (Å²) < 4.78 is 13.9. The van der Waals surface area contributed by atoms with Crippen molar-refractivity contribution < 1.29 is 4.39 Å². The summed E-state index contributed by atoms with van der Waals surface area (Å²) in [6, 6.07) is 11.1. The lowest BCUT2D eigenvalue weighted by molar-refractivity contribution is 0.615. The molecule has 6 nitrogen and oxygen atoms in total. The van der Waals surface area contributed by atoms with Crippen molar-refractivity contribution in [2.24, 2.45) is 0 Å². The normalized spacial score (nSPS) is 10.9. The lowest BCUT2D eigenvalue weighted by Crippen LogP contribution is -2.31. The Morgan fingerprint density at radius 1 is 1.25 bits per heavy atom. The zero-order valence-electron chi connectivity index (χ0n) is 15.9. The Morgan fingerprint density at radius 3 is 2.64 bits per heavy atom. The maximum atomic E-state index is 13.0. The Labute approximate surface area is 165 Å². The largest absolute Gasteiger partial charge is 0.379 e. The summed E-state index contributed by atoms with van der Waals surface area (Å²) in [4.78, 5) is 16.4. The average molecular weight is 383 g/mol. The average Bonchev–Trinajstić information content (AvgIpc) is 2.74. The summed E-state index contributed by atoms with van der Waals surface area (Å²) in [5.74, 6) is 5.88. The molecule has 0 aliphatic rings. The van der Waals surface area contributed by atoms with Crippen LogP contribution >= 0.6 is 0 Å². The first-order valence-electron chi connectivity index (χ1n) is 8.80. The van der Waals surface area contributed by atoms with Crippen LogP contribution in [0.4, 0.5) is 16.0 Å². The molecule has 0 saturated heterocycles. The Hall–Kier alpha value is -3.53. The van der Waals surface area contributed by atoms with E-state index in [1.807, 2.05) is 36.4 Å². The number of hydrogen-bond acceptors (Lipinski definition) is 5. The molecule has 2 rings (SSSR count). The summed E-state index contributed by atoms with van der Waals surface area (Å²) >= 11 is 0. The second-order valence-electron chi connectivity index (χ2n) is 5.63. The smallest absolute Gasteiger partial charge is 0.273 e. The van der Waals surface area contributed by atoms with E-state index in [0.717, 1.165) is 10.4 Å². The molecule has 0 saturated carbocycles. The summed E-state index contributed by atoms with van der Waals surface area (Å²) in [5, 5.41) is 6.24. The van der Waals surface area contributed by atoms with Crippen LogP contribution in [0.25, 0.3) is 0 Å². The van der Waals surface area contributed by atoms with Crippen molar-refractivity contribution >= 4 is 11.6 Å². The third-order valence-corrected chi connectivity index (χ3v) is 3.64. The lowest BCUT2D eigenvalue weighted by Gasteiger charge is -2.11. The summed E-state index contributed by atoms with van der Waals surface area (Å²) in [5.41, 5.74) is 1.20. The van der Waals surface area contributed by atoms with Crippen molar-refractivity contribution in [2.45, 2.75) is 26.3 Å². The highest BCUT2D eigenvalue weighted by Gasteiger charge is 2.06. The SMILES string of the molecule is C#C.C/C=C(/F)C/C=C\CCNc1nc(CNc2ccccc2)cc(=O)n1N. The van der Waals surface area contributed by atoms with Crippen LogP contribution in [0.3, 0.4) is 0 Å². The fourth-order valence-corrected chi connectivity index (χ4v) is 2.20. The van der Waals surface area contributed by atoms with E-state index in [4.69, 9.17) is 5.84 Å². The van der Waals surface area contributed by atoms with Gasteiger partial charge in [-0.1, -0.05) is 36.4 Å². The lowest BCUT2D eigenvalue weighted by atomic mass is 10.3. The van der Waals surface area contributed by atoms with Gasteiger partial charge in [0.1, 0.15) is 0 Å². The quantitative estimate of drug-likeness (QED) is 0.267. The number of nitrogens with two attached hydrogens (primary N) is 1. The van der Waals surface area contributed by atoms with Gasteiger partial charge in [-0.25, -0.2) is 9.37 Å². The van der Waals surface area contributed by atoms with Crippen molar-refractivity contribution in [3.05, 3.63) is 76.5 Å². The monoisotopic (exact) mass is 383 g/mol. The van der Waals surface area contributed by atoms with Crippen LogP contribution in [-0.2, 0) is 6.54 Å². The Morgan fingerprint density at radius 2 is 1.96 bits per heavy atom. The van der Waals surface area contributed by atoms with Crippen LogP contribution in [0.5, 0.6) is 0 Å². The van der Waals surface area contributed by atoms with Gasteiger partial charge < -0.3 is 16.5 Å². The molecule has 1 heterocycles. The number of nitrogens with zero attached hydrogens (tertiary/aromatic N) is 2. The number of aromatic nitrogens is 2. The number of allylic oxidation sites excluding steroid dienone is 3. The van der Waals surface area contributed by atoms with Gasteiger partial charge in [-0.15, -0.1) is 12.8 Å². The minimum Gasteiger partial charge on any atom is -0.379 e. The molecule has 0 spiro atoms. The van der Waals surface area contributed by atoms with Crippen molar-refractivity contribution in [1.29, 1.82) is 0 Å². The molecule has 2 aromatic rings. The van der Waals surface area contributed by atoms with Crippen LogP contribution < -0.4 is 22.0 Å². The molecule has 0 fully saturated rings. The highest BCUT2D eigenvalue weighted by molar-refractivity contribution is 5.43. The third kappa shape index (κ3) is 7.79. The van der Waals surface area contributed by atoms with Crippen LogP contribution in [0.2, 0.25) is 0 Å². The summed E-state index contributed by atoms with van der Waals surface area (Å²) in [6.45, 7) is 2.61. The molecular formula is C21H26FN5O. The number of rotatable bonds is 9. The molecule has 1 aromatic carbocycles. The number of benzene rings is 1. The predicted molar refractivity (Wildman–Crippen MR) is 114 cm³/mol. The van der Waals surface area contributed by atoms with Crippen LogP contribution in [0.15, 0.2) is 65.2 Å². The van der Waals surface area contributed by atoms with Gasteiger partial charge in [0.05, 0.1) is 18.1 Å². The minimum absolute atomic E-state index is 0.162. The van der Waals surface area contributed by atoms with E-state index in [2.05, 4.69) is 28.5 Å². The van der Waals surface area contributed by atoms with Crippen LogP contribution in [0, 0.1) is 12.8 Å². The highest BCUT2D eigenvalue weighted by Crippen LogP contribution is 2.08. The summed E-state index contributed by atoms with van der Waals surface area (Å²) in [6.07, 6.45) is 14.0. The predicted octanol–water partition coefficient (Wildman–Crippen LogP) is 3.44. The number of hydrogen-bond donors (Lipinski definition) is 3. The van der Waals surface area contributed by atoms with Gasteiger partial charge in [0.2, 0.25) is 5.95 Å². The Balaban J connectivity index is 0.00000190. The molecule has 0 bridgehead atoms. The maximum absolute atomic E-state index is 13.0. The molecule has 7 heteroatoms. The van der Waals surface area contributed by atoms with Gasteiger partial charge in [-0.2, -0.15) is 4.68 Å². The van der Waals surface area contributed by atoms with E-state index in [1.165, 1.54) is 12.1 Å². The van der Waals surface area contributed by atoms with Gasteiger partial charge in [-0.05, 0) is 25.5 Å². The third-order valence-electron chi connectivity index (χ3n) is 3.64.